The van der Waals surface area contributed by atoms with Crippen LogP contribution in [0, 0.1) is 0 Å². The highest BCUT2D eigenvalue weighted by molar-refractivity contribution is 5.85. The molecule has 0 bridgehead atoms. The largest absolute Gasteiger partial charge is 0.478 e. The number of rotatable bonds is 7. The van der Waals surface area contributed by atoms with Crippen LogP contribution in [-0.2, 0) is 4.79 Å². The van der Waals surface area contributed by atoms with Gasteiger partial charge in [-0.1, -0.05) is 43.2 Å². The van der Waals surface area contributed by atoms with Crippen molar-refractivity contribution in [3.63, 3.8) is 0 Å². The van der Waals surface area contributed by atoms with Gasteiger partial charge in [0.1, 0.15) is 0 Å². The summed E-state index contributed by atoms with van der Waals surface area (Å²) in [6.45, 7) is 1.65. The maximum atomic E-state index is 10.1. The third-order valence-electron chi connectivity index (χ3n) is 2.38. The van der Waals surface area contributed by atoms with Crippen molar-refractivity contribution in [1.29, 1.82) is 0 Å². The second-order valence-electron chi connectivity index (χ2n) is 4.07. The molecule has 106 valence electrons. The highest BCUT2D eigenvalue weighted by Crippen LogP contribution is 1.99. The molecule has 0 radical (unpaired) electrons. The Morgan fingerprint density at radius 3 is 1.95 bits per heavy atom. The maximum absolute atomic E-state index is 10.1. The molecule has 0 atom stereocenters. The average molecular weight is 264 g/mol. The summed E-state index contributed by atoms with van der Waals surface area (Å²) in [5.74, 6) is -0.922. The molecule has 0 spiro atoms. The van der Waals surface area contributed by atoms with Crippen molar-refractivity contribution in [1.82, 2.24) is 0 Å². The molecule has 0 aliphatic carbocycles. The van der Waals surface area contributed by atoms with E-state index in [1.165, 1.54) is 12.8 Å². The Balaban J connectivity index is 0.000000362. The van der Waals surface area contributed by atoms with Gasteiger partial charge in [-0.15, -0.1) is 0 Å². The highest BCUT2D eigenvalue weighted by atomic mass is 16.4. The minimum atomic E-state index is -0.922. The summed E-state index contributed by atoms with van der Waals surface area (Å²) in [5.41, 5.74) is 11.5. The molecule has 0 aromatic heterocycles. The van der Waals surface area contributed by atoms with Crippen LogP contribution in [0.25, 0.3) is 6.08 Å². The van der Waals surface area contributed by atoms with Crippen LogP contribution in [0.15, 0.2) is 36.4 Å². The Morgan fingerprint density at radius 1 is 1.00 bits per heavy atom. The van der Waals surface area contributed by atoms with Gasteiger partial charge < -0.3 is 16.6 Å². The smallest absolute Gasteiger partial charge is 0.328 e. The lowest BCUT2D eigenvalue weighted by molar-refractivity contribution is -0.131. The van der Waals surface area contributed by atoms with E-state index >= 15 is 0 Å². The Labute approximate surface area is 115 Å². The molecule has 0 fully saturated rings. The molecule has 5 N–H and O–H groups in total. The fraction of sp³-hybridized carbons (Fsp3) is 0.400. The van der Waals surface area contributed by atoms with E-state index in [4.69, 9.17) is 16.6 Å². The molecule has 0 saturated carbocycles. The second-order valence-corrected chi connectivity index (χ2v) is 4.07. The molecule has 0 aliphatic rings. The topological polar surface area (TPSA) is 89.3 Å². The molecule has 1 aromatic rings. The van der Waals surface area contributed by atoms with Crippen LogP contribution in [0.1, 0.15) is 31.2 Å². The van der Waals surface area contributed by atoms with Gasteiger partial charge in [-0.25, -0.2) is 4.79 Å². The number of benzene rings is 1. The summed E-state index contributed by atoms with van der Waals surface area (Å²) >= 11 is 0. The summed E-state index contributed by atoms with van der Waals surface area (Å²) in [4.78, 5) is 10.1. The van der Waals surface area contributed by atoms with E-state index in [2.05, 4.69) is 0 Å². The van der Waals surface area contributed by atoms with Gasteiger partial charge >= 0.3 is 5.97 Å². The molecular formula is C15H24N2O2. The lowest BCUT2D eigenvalue weighted by Gasteiger charge is -1.94. The van der Waals surface area contributed by atoms with Crippen LogP contribution < -0.4 is 11.5 Å². The highest BCUT2D eigenvalue weighted by Gasteiger charge is 1.86. The number of hydrogen-bond acceptors (Lipinski definition) is 3. The van der Waals surface area contributed by atoms with Gasteiger partial charge in [0.2, 0.25) is 0 Å². The number of nitrogens with two attached hydrogens (primary N) is 2. The van der Waals surface area contributed by atoms with Crippen molar-refractivity contribution in [2.24, 2.45) is 11.5 Å². The second kappa shape index (κ2) is 12.8. The fourth-order valence-electron chi connectivity index (χ4n) is 1.37. The van der Waals surface area contributed by atoms with Crippen LogP contribution in [0.2, 0.25) is 0 Å². The molecule has 19 heavy (non-hydrogen) atoms. The lowest BCUT2D eigenvalue weighted by Crippen LogP contribution is -2.00. The number of carbonyl (C=O) groups is 1. The van der Waals surface area contributed by atoms with E-state index in [1.54, 1.807) is 6.08 Å². The van der Waals surface area contributed by atoms with E-state index < -0.39 is 5.97 Å². The number of unbranched alkanes of at least 4 members (excludes halogenated alkanes) is 3. The predicted molar refractivity (Wildman–Crippen MR) is 79.7 cm³/mol. The van der Waals surface area contributed by atoms with Crippen molar-refractivity contribution in [3.8, 4) is 0 Å². The summed E-state index contributed by atoms with van der Waals surface area (Å²) in [5, 5.41) is 8.29. The minimum absolute atomic E-state index is 0.824. The molecule has 1 aromatic carbocycles. The van der Waals surface area contributed by atoms with Crippen LogP contribution in [-0.4, -0.2) is 24.2 Å². The Bertz CT molecular complexity index is 344. The zero-order valence-electron chi connectivity index (χ0n) is 11.3. The third-order valence-corrected chi connectivity index (χ3v) is 2.38. The SMILES string of the molecule is NCCCCCCN.O=C(O)C=Cc1ccccc1. The average Bonchev–Trinajstić information content (AvgIpc) is 2.43. The van der Waals surface area contributed by atoms with Crippen molar-refractivity contribution in [2.45, 2.75) is 25.7 Å². The number of carboxylic acids is 1. The molecule has 0 heterocycles. The predicted octanol–water partition coefficient (Wildman–Crippen LogP) is 2.25. The summed E-state index contributed by atoms with van der Waals surface area (Å²) in [6.07, 6.45) is 7.47. The molecule has 0 unspecified atom stereocenters. The van der Waals surface area contributed by atoms with E-state index in [-0.39, 0.29) is 0 Å². The van der Waals surface area contributed by atoms with Crippen molar-refractivity contribution >= 4 is 12.0 Å². The van der Waals surface area contributed by atoms with Gasteiger partial charge in [0.25, 0.3) is 0 Å². The molecule has 0 amide bonds. The maximum Gasteiger partial charge on any atom is 0.328 e. The molecule has 4 heteroatoms. The standard InChI is InChI=1S/C9H8O2.C6H16N2/c10-9(11)7-6-8-4-2-1-3-5-8;7-5-3-1-2-4-6-8/h1-7H,(H,10,11);1-8H2. The quantitative estimate of drug-likeness (QED) is 0.520. The first-order valence-electron chi connectivity index (χ1n) is 6.57. The first kappa shape index (κ1) is 17.4. The van der Waals surface area contributed by atoms with Crippen LogP contribution in [0.4, 0.5) is 0 Å². The van der Waals surface area contributed by atoms with E-state index in [0.29, 0.717) is 0 Å². The van der Waals surface area contributed by atoms with E-state index in [1.807, 2.05) is 30.3 Å². The Kier molecular flexibility index (Phi) is 11.7. The van der Waals surface area contributed by atoms with Crippen LogP contribution in [0.5, 0.6) is 0 Å². The van der Waals surface area contributed by atoms with Gasteiger partial charge in [0.05, 0.1) is 0 Å². The van der Waals surface area contributed by atoms with Gasteiger partial charge in [-0.3, -0.25) is 0 Å². The summed E-state index contributed by atoms with van der Waals surface area (Å²) in [6, 6.07) is 9.31. The van der Waals surface area contributed by atoms with Crippen molar-refractivity contribution in [2.75, 3.05) is 13.1 Å². The normalized spacial score (nSPS) is 10.0. The summed E-state index contributed by atoms with van der Waals surface area (Å²) < 4.78 is 0. The minimum Gasteiger partial charge on any atom is -0.478 e. The number of hydrogen-bond donors (Lipinski definition) is 3. The van der Waals surface area contributed by atoms with Gasteiger partial charge in [-0.05, 0) is 37.6 Å². The lowest BCUT2D eigenvalue weighted by atomic mass is 10.2. The molecule has 0 saturated heterocycles. The number of aliphatic carboxylic acids is 1. The van der Waals surface area contributed by atoms with E-state index in [0.717, 1.165) is 37.6 Å². The zero-order valence-corrected chi connectivity index (χ0v) is 11.3. The van der Waals surface area contributed by atoms with E-state index in [9.17, 15) is 4.79 Å². The third kappa shape index (κ3) is 12.6. The number of carboxylic acid groups (broad SMARTS) is 1. The summed E-state index contributed by atoms with van der Waals surface area (Å²) in [7, 11) is 0. The molecular weight excluding hydrogens is 240 g/mol. The Morgan fingerprint density at radius 2 is 1.53 bits per heavy atom. The first-order valence-corrected chi connectivity index (χ1v) is 6.57. The molecule has 4 nitrogen and oxygen atoms in total. The van der Waals surface area contributed by atoms with Gasteiger partial charge in [0, 0.05) is 6.08 Å². The molecule has 0 aliphatic heterocycles. The zero-order chi connectivity index (χ0) is 14.3. The first-order chi connectivity index (χ1) is 9.20. The monoisotopic (exact) mass is 264 g/mol. The molecule has 1 rings (SSSR count). The van der Waals surface area contributed by atoms with Crippen LogP contribution >= 0.6 is 0 Å². The van der Waals surface area contributed by atoms with Gasteiger partial charge in [0.15, 0.2) is 0 Å². The van der Waals surface area contributed by atoms with Crippen molar-refractivity contribution < 1.29 is 9.90 Å². The fourth-order valence-corrected chi connectivity index (χ4v) is 1.37. The van der Waals surface area contributed by atoms with Crippen molar-refractivity contribution in [3.05, 3.63) is 42.0 Å². The van der Waals surface area contributed by atoms with Gasteiger partial charge in [-0.2, -0.15) is 0 Å². The Hall–Kier alpha value is -1.65. The van der Waals surface area contributed by atoms with Crippen LogP contribution in [0.3, 0.4) is 0 Å².